The van der Waals surface area contributed by atoms with Crippen molar-refractivity contribution in [2.45, 2.75) is 12.4 Å². The van der Waals surface area contributed by atoms with Gasteiger partial charge in [0, 0.05) is 27.2 Å². The highest BCUT2D eigenvalue weighted by Gasteiger charge is 2.32. The SMILES string of the molecule is O=C(Nc1cccc(Br)c1)Nc1cc(NC(=O)Nc2cccc(C(F)(F)F)c2)cc(C(F)(F)F)c1. The normalized spacial score (nSPS) is 11.5. The molecule has 0 bridgehead atoms. The topological polar surface area (TPSA) is 82.3 Å². The van der Waals surface area contributed by atoms with Crippen molar-refractivity contribution in [3.05, 3.63) is 82.3 Å². The Hall–Kier alpha value is -3.74. The van der Waals surface area contributed by atoms with Crippen molar-refractivity contribution in [1.29, 1.82) is 0 Å². The van der Waals surface area contributed by atoms with Crippen LogP contribution in [0.25, 0.3) is 0 Å². The number of urea groups is 2. The minimum atomic E-state index is -4.81. The molecule has 35 heavy (non-hydrogen) atoms. The van der Waals surface area contributed by atoms with Gasteiger partial charge in [0.25, 0.3) is 0 Å². The van der Waals surface area contributed by atoms with Crippen molar-refractivity contribution >= 4 is 50.7 Å². The van der Waals surface area contributed by atoms with Crippen LogP contribution in [0, 0.1) is 0 Å². The van der Waals surface area contributed by atoms with Crippen LogP contribution >= 0.6 is 15.9 Å². The molecule has 3 aromatic rings. The third-order valence-corrected chi connectivity index (χ3v) is 4.80. The van der Waals surface area contributed by atoms with E-state index in [1.165, 1.54) is 6.07 Å². The molecule has 184 valence electrons. The molecule has 3 rings (SSSR count). The fourth-order valence-corrected chi connectivity index (χ4v) is 3.26. The van der Waals surface area contributed by atoms with Gasteiger partial charge in [-0.25, -0.2) is 9.59 Å². The van der Waals surface area contributed by atoms with Gasteiger partial charge in [0.05, 0.1) is 11.1 Å². The van der Waals surface area contributed by atoms with E-state index < -0.39 is 35.5 Å². The van der Waals surface area contributed by atoms with Gasteiger partial charge in [-0.2, -0.15) is 26.3 Å². The first-order valence-electron chi connectivity index (χ1n) is 9.61. The maximum Gasteiger partial charge on any atom is 0.416 e. The molecule has 4 amide bonds. The van der Waals surface area contributed by atoms with Crippen LogP contribution in [0.4, 0.5) is 58.7 Å². The monoisotopic (exact) mass is 560 g/mol. The summed E-state index contributed by atoms with van der Waals surface area (Å²) in [6.45, 7) is 0. The summed E-state index contributed by atoms with van der Waals surface area (Å²) >= 11 is 3.22. The van der Waals surface area contributed by atoms with E-state index in [2.05, 4.69) is 37.2 Å². The minimum Gasteiger partial charge on any atom is -0.308 e. The lowest BCUT2D eigenvalue weighted by atomic mass is 10.1. The molecule has 0 saturated heterocycles. The Morgan fingerprint density at radius 1 is 0.571 bits per heavy atom. The Kier molecular flexibility index (Phi) is 7.58. The maximum absolute atomic E-state index is 13.3. The fraction of sp³-hybridized carbons (Fsp3) is 0.0909. The first-order valence-corrected chi connectivity index (χ1v) is 10.4. The molecule has 6 nitrogen and oxygen atoms in total. The van der Waals surface area contributed by atoms with E-state index in [1.807, 2.05) is 0 Å². The number of alkyl halides is 6. The highest BCUT2D eigenvalue weighted by atomic mass is 79.9. The largest absolute Gasteiger partial charge is 0.416 e. The number of halogens is 7. The zero-order chi connectivity index (χ0) is 25.8. The van der Waals surface area contributed by atoms with Crippen LogP contribution in [-0.4, -0.2) is 12.1 Å². The highest BCUT2D eigenvalue weighted by molar-refractivity contribution is 9.10. The molecule has 4 N–H and O–H groups in total. The lowest BCUT2D eigenvalue weighted by molar-refractivity contribution is -0.138. The Morgan fingerprint density at radius 3 is 1.49 bits per heavy atom. The average molecular weight is 561 g/mol. The van der Waals surface area contributed by atoms with Crippen LogP contribution in [0.5, 0.6) is 0 Å². The number of amides is 4. The van der Waals surface area contributed by atoms with Crippen LogP contribution in [-0.2, 0) is 12.4 Å². The third kappa shape index (κ3) is 7.64. The van der Waals surface area contributed by atoms with Gasteiger partial charge in [-0.15, -0.1) is 0 Å². The van der Waals surface area contributed by atoms with Gasteiger partial charge >= 0.3 is 24.4 Å². The molecule has 13 heteroatoms. The van der Waals surface area contributed by atoms with E-state index in [0.717, 1.165) is 18.2 Å². The molecule has 0 aliphatic carbocycles. The van der Waals surface area contributed by atoms with Crippen LogP contribution < -0.4 is 21.3 Å². The van der Waals surface area contributed by atoms with Crippen molar-refractivity contribution in [3.63, 3.8) is 0 Å². The number of carbonyl (C=O) groups excluding carboxylic acids is 2. The number of benzene rings is 3. The third-order valence-electron chi connectivity index (χ3n) is 4.31. The predicted octanol–water partition coefficient (Wildman–Crippen LogP) is 7.77. The molecule has 0 fully saturated rings. The van der Waals surface area contributed by atoms with Gasteiger partial charge in [0.15, 0.2) is 0 Å². The Labute approximate surface area is 202 Å². The van der Waals surface area contributed by atoms with Gasteiger partial charge in [-0.05, 0) is 54.6 Å². The maximum atomic E-state index is 13.3. The summed E-state index contributed by atoms with van der Waals surface area (Å²) in [5, 5.41) is 8.94. The molecule has 0 radical (unpaired) electrons. The number of anilines is 4. The van der Waals surface area contributed by atoms with Crippen molar-refractivity contribution in [2.24, 2.45) is 0 Å². The van der Waals surface area contributed by atoms with Crippen molar-refractivity contribution < 1.29 is 35.9 Å². The van der Waals surface area contributed by atoms with Crippen molar-refractivity contribution in [2.75, 3.05) is 21.3 Å². The highest BCUT2D eigenvalue weighted by Crippen LogP contribution is 2.34. The van der Waals surface area contributed by atoms with Crippen LogP contribution in [0.15, 0.2) is 71.2 Å². The number of hydrogen-bond acceptors (Lipinski definition) is 2. The summed E-state index contributed by atoms with van der Waals surface area (Å²) in [4.78, 5) is 24.5. The Morgan fingerprint density at radius 2 is 1.00 bits per heavy atom. The second-order valence-electron chi connectivity index (χ2n) is 7.04. The summed E-state index contributed by atoms with van der Waals surface area (Å²) in [5.41, 5.74) is -2.70. The van der Waals surface area contributed by atoms with E-state index in [9.17, 15) is 35.9 Å². The summed E-state index contributed by atoms with van der Waals surface area (Å²) in [7, 11) is 0. The first kappa shape index (κ1) is 25.9. The van der Waals surface area contributed by atoms with E-state index in [-0.39, 0.29) is 17.1 Å². The van der Waals surface area contributed by atoms with E-state index in [4.69, 9.17) is 0 Å². The second kappa shape index (κ2) is 10.3. The van der Waals surface area contributed by atoms with Crippen LogP contribution in [0.2, 0.25) is 0 Å². The molecule has 0 atom stereocenters. The first-order chi connectivity index (χ1) is 16.3. The molecule has 0 spiro atoms. The van der Waals surface area contributed by atoms with Gasteiger partial charge in [0.1, 0.15) is 0 Å². The van der Waals surface area contributed by atoms with Gasteiger partial charge in [-0.3, -0.25) is 0 Å². The number of hydrogen-bond donors (Lipinski definition) is 4. The summed E-state index contributed by atoms with van der Waals surface area (Å²) in [5.74, 6) is 0. The van der Waals surface area contributed by atoms with Crippen molar-refractivity contribution in [1.82, 2.24) is 0 Å². The van der Waals surface area contributed by atoms with Gasteiger partial charge in [0.2, 0.25) is 0 Å². The molecular weight excluding hydrogens is 546 g/mol. The van der Waals surface area contributed by atoms with Crippen LogP contribution in [0.3, 0.4) is 0 Å². The molecule has 0 saturated carbocycles. The average Bonchev–Trinajstić information content (AvgIpc) is 2.72. The number of rotatable bonds is 4. The molecule has 0 unspecified atom stereocenters. The minimum absolute atomic E-state index is 0.226. The van der Waals surface area contributed by atoms with E-state index in [0.29, 0.717) is 28.4 Å². The summed E-state index contributed by atoms with van der Waals surface area (Å²) in [6, 6.07) is 10.6. The van der Waals surface area contributed by atoms with E-state index >= 15 is 0 Å². The van der Waals surface area contributed by atoms with E-state index in [1.54, 1.807) is 24.3 Å². The number of nitrogens with one attached hydrogen (secondary N) is 4. The van der Waals surface area contributed by atoms with Crippen molar-refractivity contribution in [3.8, 4) is 0 Å². The standard InChI is InChI=1S/C22H15BrF6N4O2/c23-14-4-2-6-16(10-14)31-20(35)33-18-9-13(22(27,28)29)8-17(11-18)32-19(34)30-15-5-1-3-12(7-15)21(24,25)26/h1-11H,(H2,30,32,34)(H2,31,33,35). The molecule has 3 aromatic carbocycles. The molecule has 0 aromatic heterocycles. The molecule has 0 heterocycles. The quantitative estimate of drug-likeness (QED) is 0.246. The Bertz CT molecular complexity index is 1250. The predicted molar refractivity (Wildman–Crippen MR) is 122 cm³/mol. The molecular formula is C22H15BrF6N4O2. The smallest absolute Gasteiger partial charge is 0.308 e. The molecule has 0 aliphatic rings. The van der Waals surface area contributed by atoms with Gasteiger partial charge in [-0.1, -0.05) is 28.1 Å². The molecule has 0 aliphatic heterocycles. The fourth-order valence-electron chi connectivity index (χ4n) is 2.86. The van der Waals surface area contributed by atoms with Gasteiger partial charge < -0.3 is 21.3 Å². The zero-order valence-electron chi connectivity index (χ0n) is 17.3. The lowest BCUT2D eigenvalue weighted by Gasteiger charge is -2.15. The lowest BCUT2D eigenvalue weighted by Crippen LogP contribution is -2.22. The Balaban J connectivity index is 1.77. The summed E-state index contributed by atoms with van der Waals surface area (Å²) in [6.07, 6.45) is -9.46. The second-order valence-corrected chi connectivity index (χ2v) is 7.96. The van der Waals surface area contributed by atoms with Crippen LogP contribution in [0.1, 0.15) is 11.1 Å². The summed E-state index contributed by atoms with van der Waals surface area (Å²) < 4.78 is 79.2. The zero-order valence-corrected chi connectivity index (χ0v) is 18.9. The number of carbonyl (C=O) groups is 2.